The van der Waals surface area contributed by atoms with Crippen molar-refractivity contribution < 1.29 is 9.53 Å². The molecule has 1 saturated heterocycles. The van der Waals surface area contributed by atoms with E-state index in [0.717, 1.165) is 40.5 Å². The lowest BCUT2D eigenvalue weighted by Gasteiger charge is -2.13. The lowest BCUT2D eigenvalue weighted by atomic mass is 10.2. The molecular formula is C18H19ClN2O2. The number of ether oxygens (including phenoxy) is 1. The SMILES string of the molecule is Cc1c(Cl)cccc1Nc1ccc(NC(=O)C2CCCO2)cc1. The summed E-state index contributed by atoms with van der Waals surface area (Å²) in [5, 5.41) is 6.94. The molecule has 0 saturated carbocycles. The fourth-order valence-corrected chi connectivity index (χ4v) is 2.72. The highest BCUT2D eigenvalue weighted by molar-refractivity contribution is 6.31. The highest BCUT2D eigenvalue weighted by Crippen LogP contribution is 2.26. The van der Waals surface area contributed by atoms with Crippen LogP contribution in [0.1, 0.15) is 18.4 Å². The first kappa shape index (κ1) is 15.8. The normalized spacial score (nSPS) is 17.0. The molecular weight excluding hydrogens is 312 g/mol. The van der Waals surface area contributed by atoms with Gasteiger partial charge in [0.2, 0.25) is 0 Å². The van der Waals surface area contributed by atoms with Crippen molar-refractivity contribution in [2.24, 2.45) is 0 Å². The second-order valence-electron chi connectivity index (χ2n) is 5.61. The summed E-state index contributed by atoms with van der Waals surface area (Å²) in [5.41, 5.74) is 3.67. The predicted molar refractivity (Wildman–Crippen MR) is 93.5 cm³/mol. The first-order valence-corrected chi connectivity index (χ1v) is 8.06. The van der Waals surface area contributed by atoms with E-state index in [1.807, 2.05) is 49.4 Å². The Morgan fingerprint density at radius 3 is 2.61 bits per heavy atom. The van der Waals surface area contributed by atoms with Crippen LogP contribution >= 0.6 is 11.6 Å². The van der Waals surface area contributed by atoms with E-state index in [9.17, 15) is 4.79 Å². The Balaban J connectivity index is 1.65. The van der Waals surface area contributed by atoms with Gasteiger partial charge in [-0.25, -0.2) is 0 Å². The summed E-state index contributed by atoms with van der Waals surface area (Å²) >= 11 is 6.13. The number of hydrogen-bond acceptors (Lipinski definition) is 3. The standard InChI is InChI=1S/C18H19ClN2O2/c1-12-15(19)4-2-5-16(12)20-13-7-9-14(10-8-13)21-18(22)17-6-3-11-23-17/h2,4-5,7-10,17,20H,3,6,11H2,1H3,(H,21,22). The van der Waals surface area contributed by atoms with E-state index in [4.69, 9.17) is 16.3 Å². The van der Waals surface area contributed by atoms with Crippen LogP contribution in [0.3, 0.4) is 0 Å². The van der Waals surface area contributed by atoms with Gasteiger partial charge >= 0.3 is 0 Å². The summed E-state index contributed by atoms with van der Waals surface area (Å²) in [5.74, 6) is -0.0751. The first-order chi connectivity index (χ1) is 11.1. The molecule has 1 aliphatic heterocycles. The van der Waals surface area contributed by atoms with Crippen LogP contribution in [0.4, 0.5) is 17.1 Å². The van der Waals surface area contributed by atoms with Crippen LogP contribution in [0.5, 0.6) is 0 Å². The molecule has 23 heavy (non-hydrogen) atoms. The van der Waals surface area contributed by atoms with Crippen LogP contribution in [-0.4, -0.2) is 18.6 Å². The molecule has 0 spiro atoms. The summed E-state index contributed by atoms with van der Waals surface area (Å²) in [6, 6.07) is 13.3. The van der Waals surface area contributed by atoms with E-state index >= 15 is 0 Å². The summed E-state index contributed by atoms with van der Waals surface area (Å²) in [6.07, 6.45) is 1.42. The Bertz CT molecular complexity index is 695. The lowest BCUT2D eigenvalue weighted by molar-refractivity contribution is -0.124. The molecule has 0 aliphatic carbocycles. The van der Waals surface area contributed by atoms with Gasteiger partial charge in [-0.1, -0.05) is 17.7 Å². The van der Waals surface area contributed by atoms with Crippen LogP contribution in [0.2, 0.25) is 5.02 Å². The van der Waals surface area contributed by atoms with E-state index in [0.29, 0.717) is 6.61 Å². The Labute approximate surface area is 140 Å². The van der Waals surface area contributed by atoms with E-state index in [2.05, 4.69) is 10.6 Å². The Morgan fingerprint density at radius 1 is 1.17 bits per heavy atom. The van der Waals surface area contributed by atoms with Gasteiger partial charge in [0.25, 0.3) is 5.91 Å². The zero-order chi connectivity index (χ0) is 16.2. The third-order valence-electron chi connectivity index (χ3n) is 3.92. The molecule has 1 amide bonds. The molecule has 2 N–H and O–H groups in total. The Morgan fingerprint density at radius 2 is 1.91 bits per heavy atom. The maximum Gasteiger partial charge on any atom is 0.253 e. The van der Waals surface area contributed by atoms with Crippen LogP contribution in [0.15, 0.2) is 42.5 Å². The monoisotopic (exact) mass is 330 g/mol. The van der Waals surface area contributed by atoms with E-state index in [1.54, 1.807) is 0 Å². The fourth-order valence-electron chi connectivity index (χ4n) is 2.54. The average molecular weight is 331 g/mol. The molecule has 1 heterocycles. The smallest absolute Gasteiger partial charge is 0.253 e. The summed E-state index contributed by atoms with van der Waals surface area (Å²) in [4.78, 5) is 12.0. The molecule has 2 aromatic rings. The zero-order valence-electron chi connectivity index (χ0n) is 12.9. The number of halogens is 1. The Kier molecular flexibility index (Phi) is 4.84. The highest BCUT2D eigenvalue weighted by Gasteiger charge is 2.23. The van der Waals surface area contributed by atoms with Crippen molar-refractivity contribution in [1.82, 2.24) is 0 Å². The van der Waals surface area contributed by atoms with Gasteiger partial charge in [-0.15, -0.1) is 0 Å². The maximum atomic E-state index is 12.0. The average Bonchev–Trinajstić information content (AvgIpc) is 3.08. The fraction of sp³-hybridized carbons (Fsp3) is 0.278. The number of carbonyl (C=O) groups is 1. The molecule has 0 bridgehead atoms. The number of hydrogen-bond donors (Lipinski definition) is 2. The van der Waals surface area contributed by atoms with Crippen molar-refractivity contribution in [3.63, 3.8) is 0 Å². The molecule has 4 nitrogen and oxygen atoms in total. The predicted octanol–water partition coefficient (Wildman–Crippen LogP) is 4.51. The summed E-state index contributed by atoms with van der Waals surface area (Å²) in [7, 11) is 0. The van der Waals surface area contributed by atoms with Gasteiger partial charge in [-0.05, 0) is 61.7 Å². The number of nitrogens with one attached hydrogen (secondary N) is 2. The van der Waals surface area contributed by atoms with Crippen LogP contribution in [0.25, 0.3) is 0 Å². The number of amides is 1. The van der Waals surface area contributed by atoms with Gasteiger partial charge in [-0.3, -0.25) is 4.79 Å². The van der Waals surface area contributed by atoms with Gasteiger partial charge < -0.3 is 15.4 Å². The van der Waals surface area contributed by atoms with Gasteiger partial charge in [0.1, 0.15) is 6.10 Å². The first-order valence-electron chi connectivity index (χ1n) is 7.68. The van der Waals surface area contributed by atoms with Gasteiger partial charge in [-0.2, -0.15) is 0 Å². The van der Waals surface area contributed by atoms with E-state index in [1.165, 1.54) is 0 Å². The van der Waals surface area contributed by atoms with Crippen molar-refractivity contribution in [1.29, 1.82) is 0 Å². The molecule has 3 rings (SSSR count). The third-order valence-corrected chi connectivity index (χ3v) is 4.33. The maximum absolute atomic E-state index is 12.0. The highest BCUT2D eigenvalue weighted by atomic mass is 35.5. The third kappa shape index (κ3) is 3.84. The van der Waals surface area contributed by atoms with Crippen molar-refractivity contribution in [3.8, 4) is 0 Å². The van der Waals surface area contributed by atoms with Crippen molar-refractivity contribution in [2.45, 2.75) is 25.9 Å². The van der Waals surface area contributed by atoms with Crippen molar-refractivity contribution in [2.75, 3.05) is 17.2 Å². The number of anilines is 3. The lowest BCUT2D eigenvalue weighted by Crippen LogP contribution is -2.26. The van der Waals surface area contributed by atoms with Crippen molar-refractivity contribution in [3.05, 3.63) is 53.1 Å². The molecule has 120 valence electrons. The molecule has 1 fully saturated rings. The quantitative estimate of drug-likeness (QED) is 0.867. The molecule has 5 heteroatoms. The number of rotatable bonds is 4. The number of carbonyl (C=O) groups excluding carboxylic acids is 1. The second-order valence-corrected chi connectivity index (χ2v) is 6.01. The minimum Gasteiger partial charge on any atom is -0.368 e. The zero-order valence-corrected chi connectivity index (χ0v) is 13.7. The van der Waals surface area contributed by atoms with Gasteiger partial charge in [0, 0.05) is 28.7 Å². The minimum atomic E-state index is -0.318. The van der Waals surface area contributed by atoms with Crippen LogP contribution in [0, 0.1) is 6.92 Å². The van der Waals surface area contributed by atoms with Crippen LogP contribution < -0.4 is 10.6 Å². The van der Waals surface area contributed by atoms with Gasteiger partial charge in [0.05, 0.1) is 0 Å². The van der Waals surface area contributed by atoms with E-state index in [-0.39, 0.29) is 12.0 Å². The largest absolute Gasteiger partial charge is 0.368 e. The summed E-state index contributed by atoms with van der Waals surface area (Å²) < 4.78 is 5.38. The minimum absolute atomic E-state index is 0.0751. The molecule has 1 aliphatic rings. The molecule has 1 unspecified atom stereocenters. The van der Waals surface area contributed by atoms with Crippen LogP contribution in [-0.2, 0) is 9.53 Å². The summed E-state index contributed by atoms with van der Waals surface area (Å²) in [6.45, 7) is 2.64. The topological polar surface area (TPSA) is 50.4 Å². The van der Waals surface area contributed by atoms with E-state index < -0.39 is 0 Å². The molecule has 0 aromatic heterocycles. The Hall–Kier alpha value is -2.04. The molecule has 2 aromatic carbocycles. The van der Waals surface area contributed by atoms with Gasteiger partial charge in [0.15, 0.2) is 0 Å². The van der Waals surface area contributed by atoms with Crippen molar-refractivity contribution >= 4 is 34.6 Å². The number of benzene rings is 2. The molecule has 0 radical (unpaired) electrons. The second kappa shape index (κ2) is 7.02. The molecule has 1 atom stereocenters.